The van der Waals surface area contributed by atoms with Crippen LogP contribution in [0.4, 0.5) is 0 Å². The van der Waals surface area contributed by atoms with Gasteiger partial charge in [0.15, 0.2) is 0 Å². The molecule has 0 aromatic carbocycles. The van der Waals surface area contributed by atoms with Crippen LogP contribution < -0.4 is 33.7 Å². The van der Waals surface area contributed by atoms with E-state index in [1.807, 2.05) is 27.7 Å². The quantitative estimate of drug-likeness (QED) is 0.347. The van der Waals surface area contributed by atoms with Gasteiger partial charge in [-0.05, 0) is 0 Å². The van der Waals surface area contributed by atoms with Crippen LogP contribution in [0.5, 0.6) is 0 Å². The molecule has 0 rings (SSSR count). The van der Waals surface area contributed by atoms with Crippen LogP contribution >= 0.6 is 0 Å². The summed E-state index contributed by atoms with van der Waals surface area (Å²) in [5.74, 6) is 0. The van der Waals surface area contributed by atoms with Crippen LogP contribution in [-0.4, -0.2) is 15.5 Å². The summed E-state index contributed by atoms with van der Waals surface area (Å²) in [6, 6.07) is 0. The summed E-state index contributed by atoms with van der Waals surface area (Å²) in [6.07, 6.45) is 0. The molecule has 0 heterocycles. The average Bonchev–Trinajstić information content (AvgIpc) is 1.78. The molecule has 0 aliphatic rings. The maximum absolute atomic E-state index is 8.46. The standard InChI is InChI=1S/2C2H6.Al.Na.2O/c2*1-2;;;;/h2*1-2H3;;;;/q;;;+1;;-1. The Bertz CT molecular complexity index is 21.5. The maximum atomic E-state index is 8.46. The van der Waals surface area contributed by atoms with Crippen molar-refractivity contribution in [2.75, 3.05) is 0 Å². The number of hydrogen-bond donors (Lipinski definition) is 0. The summed E-state index contributed by atoms with van der Waals surface area (Å²) in [5, 5.41) is 0. The molecule has 0 N–H and O–H groups in total. The predicted molar refractivity (Wildman–Crippen MR) is 29.1 cm³/mol. The fourth-order valence-electron chi connectivity index (χ4n) is 0. The topological polar surface area (TPSA) is 40.1 Å². The zero-order valence-corrected chi connectivity index (χ0v) is 9.55. The third kappa shape index (κ3) is 209. The fraction of sp³-hybridized carbons (Fsp3) is 1.00. The summed E-state index contributed by atoms with van der Waals surface area (Å²) in [6.45, 7) is 8.00. The molecule has 0 amide bonds. The summed E-state index contributed by atoms with van der Waals surface area (Å²) >= 11 is -1.75. The Kier molecular flexibility index (Phi) is 261. The Morgan fingerprint density at radius 3 is 1.12 bits per heavy atom. The van der Waals surface area contributed by atoms with Crippen LogP contribution in [0.2, 0.25) is 0 Å². The van der Waals surface area contributed by atoms with Crippen LogP contribution in [0.25, 0.3) is 0 Å². The molecule has 0 aliphatic carbocycles. The zero-order chi connectivity index (χ0) is 6.71. The molecule has 0 saturated heterocycles. The van der Waals surface area contributed by atoms with E-state index >= 15 is 0 Å². The van der Waals surface area contributed by atoms with Crippen molar-refractivity contribution < 1.29 is 37.5 Å². The van der Waals surface area contributed by atoms with Crippen molar-refractivity contribution in [3.05, 3.63) is 0 Å². The summed E-state index contributed by atoms with van der Waals surface area (Å²) in [5.41, 5.74) is 0. The van der Waals surface area contributed by atoms with Crippen LogP contribution in [-0.2, 0) is 3.80 Å². The van der Waals surface area contributed by atoms with Crippen LogP contribution in [0, 0.1) is 0 Å². The monoisotopic (exact) mass is 142 g/mol. The normalized spacial score (nSPS) is 2.50. The zero-order valence-electron chi connectivity index (χ0n) is 6.39. The van der Waals surface area contributed by atoms with Gasteiger partial charge in [-0.25, -0.2) is 0 Å². The molecule has 2 nitrogen and oxygen atoms in total. The Balaban J connectivity index is -0.0000000147. The Morgan fingerprint density at radius 1 is 1.12 bits per heavy atom. The molecule has 0 fully saturated rings. The molecule has 0 aliphatic heterocycles. The second-order valence-corrected chi connectivity index (χ2v) is 0.289. The molecule has 0 spiro atoms. The molecule has 0 aromatic heterocycles. The number of rotatable bonds is 0. The Hall–Kier alpha value is 1.13. The van der Waals surface area contributed by atoms with Crippen molar-refractivity contribution in [1.82, 2.24) is 0 Å². The molecule has 4 heteroatoms. The SMILES string of the molecule is CC.CC.[Na+].[O]=[Al][O-]. The molecular weight excluding hydrogens is 130 g/mol. The van der Waals surface area contributed by atoms with E-state index in [4.69, 9.17) is 7.96 Å². The summed E-state index contributed by atoms with van der Waals surface area (Å²) < 4.78 is 16.9. The van der Waals surface area contributed by atoms with E-state index < -0.39 is 15.5 Å². The van der Waals surface area contributed by atoms with Crippen molar-refractivity contribution in [1.29, 1.82) is 0 Å². The Labute approximate surface area is 80.2 Å². The molecule has 0 atom stereocenters. The first-order chi connectivity index (χ1) is 3.41. The third-order valence-electron chi connectivity index (χ3n) is 0. The van der Waals surface area contributed by atoms with E-state index in [-0.39, 0.29) is 29.6 Å². The van der Waals surface area contributed by atoms with Crippen molar-refractivity contribution in [2.45, 2.75) is 27.7 Å². The van der Waals surface area contributed by atoms with Gasteiger partial charge in [0.1, 0.15) is 0 Å². The first kappa shape index (κ1) is 22.9. The van der Waals surface area contributed by atoms with E-state index in [0.717, 1.165) is 0 Å². The molecule has 0 saturated carbocycles. The summed E-state index contributed by atoms with van der Waals surface area (Å²) in [4.78, 5) is 0. The molecule has 0 radical (unpaired) electrons. The van der Waals surface area contributed by atoms with Gasteiger partial charge in [-0.2, -0.15) is 0 Å². The molecule has 0 bridgehead atoms. The van der Waals surface area contributed by atoms with Crippen molar-refractivity contribution in [2.24, 2.45) is 0 Å². The molecule has 0 aromatic rings. The van der Waals surface area contributed by atoms with E-state index in [0.29, 0.717) is 0 Å². The molecule has 44 valence electrons. The van der Waals surface area contributed by atoms with Crippen LogP contribution in [0.3, 0.4) is 0 Å². The average molecular weight is 142 g/mol. The van der Waals surface area contributed by atoms with Gasteiger partial charge in [-0.1, -0.05) is 27.7 Å². The first-order valence-electron chi connectivity index (χ1n) is 2.47. The second-order valence-electron chi connectivity index (χ2n) is 0.0962. The van der Waals surface area contributed by atoms with Gasteiger partial charge in [0.05, 0.1) is 0 Å². The van der Waals surface area contributed by atoms with E-state index in [2.05, 4.69) is 0 Å². The van der Waals surface area contributed by atoms with Crippen molar-refractivity contribution >= 4 is 15.5 Å². The van der Waals surface area contributed by atoms with Gasteiger partial charge < -0.3 is 0 Å². The van der Waals surface area contributed by atoms with Crippen molar-refractivity contribution in [3.63, 3.8) is 0 Å². The second kappa shape index (κ2) is 91.0. The van der Waals surface area contributed by atoms with Crippen molar-refractivity contribution in [3.8, 4) is 0 Å². The molecular formula is C4H12AlNaO2. The van der Waals surface area contributed by atoms with Gasteiger partial charge in [0.25, 0.3) is 0 Å². The van der Waals surface area contributed by atoms with E-state index in [1.54, 1.807) is 0 Å². The fourth-order valence-corrected chi connectivity index (χ4v) is 0. The van der Waals surface area contributed by atoms with Crippen LogP contribution in [0.15, 0.2) is 0 Å². The summed E-state index contributed by atoms with van der Waals surface area (Å²) in [7, 11) is 0. The minimum atomic E-state index is -1.75. The molecule has 8 heavy (non-hydrogen) atoms. The minimum absolute atomic E-state index is 0. The third-order valence-corrected chi connectivity index (χ3v) is 0. The predicted octanol–water partition coefficient (Wildman–Crippen LogP) is -2.63. The molecule has 0 unspecified atom stereocenters. The first-order valence-corrected chi connectivity index (χ1v) is 3.41. The van der Waals surface area contributed by atoms with Gasteiger partial charge in [0, 0.05) is 0 Å². The van der Waals surface area contributed by atoms with Crippen LogP contribution in [0.1, 0.15) is 27.7 Å². The Morgan fingerprint density at radius 2 is 1.12 bits per heavy atom. The van der Waals surface area contributed by atoms with Gasteiger partial charge in [-0.3, -0.25) is 0 Å². The van der Waals surface area contributed by atoms with E-state index in [9.17, 15) is 0 Å². The van der Waals surface area contributed by atoms with Gasteiger partial charge >= 0.3 is 53.0 Å². The van der Waals surface area contributed by atoms with Gasteiger partial charge in [-0.15, -0.1) is 0 Å². The van der Waals surface area contributed by atoms with E-state index in [1.165, 1.54) is 0 Å². The number of hydrogen-bond acceptors (Lipinski definition) is 2. The van der Waals surface area contributed by atoms with Gasteiger partial charge in [0.2, 0.25) is 0 Å².